The number of nitrogens with one attached hydrogen (secondary N) is 2. The molecule has 2 N–H and O–H groups in total. The summed E-state index contributed by atoms with van der Waals surface area (Å²) in [6, 6.07) is 14.2. The smallest absolute Gasteiger partial charge is 0.264 e. The van der Waals surface area contributed by atoms with Gasteiger partial charge in [0.15, 0.2) is 0 Å². The van der Waals surface area contributed by atoms with Crippen LogP contribution in [0.25, 0.3) is 32.2 Å². The predicted octanol–water partition coefficient (Wildman–Crippen LogP) is 6.60. The molecular formula is C25H22ClN3OS. The van der Waals surface area contributed by atoms with Crippen molar-refractivity contribution in [2.24, 2.45) is 0 Å². The molecule has 2 aromatic heterocycles. The SMILES string of the molecule is C=C[C@@H]1CNc2c(sc3ccc4nc(-c5cc(Cl)cc(C(C)C)c5)ccc4c23)C(=O)N1. The Labute approximate surface area is 190 Å². The summed E-state index contributed by atoms with van der Waals surface area (Å²) >= 11 is 7.88. The van der Waals surface area contributed by atoms with Gasteiger partial charge in [-0.3, -0.25) is 4.79 Å². The molecule has 0 saturated carbocycles. The maximum absolute atomic E-state index is 12.7. The van der Waals surface area contributed by atoms with Crippen LogP contribution in [0.5, 0.6) is 0 Å². The molecule has 0 aliphatic carbocycles. The quantitative estimate of drug-likeness (QED) is 0.348. The number of halogens is 1. The fraction of sp³-hybridized carbons (Fsp3) is 0.200. The highest BCUT2D eigenvalue weighted by Crippen LogP contribution is 2.41. The second-order valence-corrected chi connectivity index (χ2v) is 9.62. The average molecular weight is 448 g/mol. The van der Waals surface area contributed by atoms with E-state index < -0.39 is 0 Å². The normalized spacial score (nSPS) is 16.1. The number of pyridine rings is 1. The molecule has 1 amide bonds. The zero-order chi connectivity index (χ0) is 21.7. The van der Waals surface area contributed by atoms with E-state index >= 15 is 0 Å². The summed E-state index contributed by atoms with van der Waals surface area (Å²) in [5.41, 5.74) is 4.86. The number of thiophene rings is 1. The molecule has 0 bridgehead atoms. The van der Waals surface area contributed by atoms with Crippen LogP contribution in [0.15, 0.2) is 55.1 Å². The fourth-order valence-electron chi connectivity index (χ4n) is 4.02. The van der Waals surface area contributed by atoms with Gasteiger partial charge in [0.05, 0.1) is 22.9 Å². The number of carbonyl (C=O) groups excluding carboxylic acids is 1. The summed E-state index contributed by atoms with van der Waals surface area (Å²) in [4.78, 5) is 18.4. The van der Waals surface area contributed by atoms with Crippen LogP contribution in [0.1, 0.15) is 35.0 Å². The number of anilines is 1. The van der Waals surface area contributed by atoms with E-state index in [0.717, 1.165) is 37.9 Å². The molecule has 2 aromatic carbocycles. The van der Waals surface area contributed by atoms with E-state index in [2.05, 4.69) is 43.2 Å². The number of benzene rings is 2. The van der Waals surface area contributed by atoms with E-state index in [1.807, 2.05) is 30.3 Å². The molecule has 4 nitrogen and oxygen atoms in total. The van der Waals surface area contributed by atoms with Gasteiger partial charge in [-0.05, 0) is 53.9 Å². The Morgan fingerprint density at radius 1 is 1.23 bits per heavy atom. The van der Waals surface area contributed by atoms with E-state index in [1.54, 1.807) is 6.08 Å². The highest BCUT2D eigenvalue weighted by Gasteiger charge is 2.25. The molecule has 1 aliphatic rings. The zero-order valence-corrected chi connectivity index (χ0v) is 18.9. The molecule has 0 saturated heterocycles. The van der Waals surface area contributed by atoms with Crippen molar-refractivity contribution in [2.45, 2.75) is 25.8 Å². The Morgan fingerprint density at radius 3 is 2.84 bits per heavy atom. The van der Waals surface area contributed by atoms with Crippen molar-refractivity contribution in [1.29, 1.82) is 0 Å². The van der Waals surface area contributed by atoms with Gasteiger partial charge in [-0.1, -0.05) is 31.5 Å². The third kappa shape index (κ3) is 3.48. The van der Waals surface area contributed by atoms with Crippen molar-refractivity contribution < 1.29 is 4.79 Å². The van der Waals surface area contributed by atoms with E-state index in [9.17, 15) is 4.79 Å². The number of hydrogen-bond acceptors (Lipinski definition) is 4. The number of amides is 1. The van der Waals surface area contributed by atoms with Crippen LogP contribution in [-0.2, 0) is 0 Å². The summed E-state index contributed by atoms with van der Waals surface area (Å²) in [7, 11) is 0. The highest BCUT2D eigenvalue weighted by atomic mass is 35.5. The first-order chi connectivity index (χ1) is 14.9. The second-order valence-electron chi connectivity index (χ2n) is 8.13. The van der Waals surface area contributed by atoms with E-state index in [0.29, 0.717) is 22.4 Å². The lowest BCUT2D eigenvalue weighted by Gasteiger charge is -2.12. The van der Waals surface area contributed by atoms with E-state index in [1.165, 1.54) is 16.9 Å². The largest absolute Gasteiger partial charge is 0.381 e. The number of fused-ring (bicyclic) bond motifs is 5. The van der Waals surface area contributed by atoms with Crippen molar-refractivity contribution >= 4 is 55.5 Å². The van der Waals surface area contributed by atoms with E-state index in [-0.39, 0.29) is 11.9 Å². The van der Waals surface area contributed by atoms with E-state index in [4.69, 9.17) is 16.6 Å². The molecule has 6 heteroatoms. The molecule has 0 spiro atoms. The third-order valence-electron chi connectivity index (χ3n) is 5.71. The second kappa shape index (κ2) is 7.66. The van der Waals surface area contributed by atoms with Crippen molar-refractivity contribution in [2.75, 3.05) is 11.9 Å². The van der Waals surface area contributed by atoms with Crippen molar-refractivity contribution in [3.63, 3.8) is 0 Å². The summed E-state index contributed by atoms with van der Waals surface area (Å²) in [5.74, 6) is 0.319. The van der Waals surface area contributed by atoms with Gasteiger partial charge >= 0.3 is 0 Å². The Balaban J connectivity index is 1.67. The number of aromatic nitrogens is 1. The van der Waals surface area contributed by atoms with Gasteiger partial charge in [-0.15, -0.1) is 17.9 Å². The highest BCUT2D eigenvalue weighted by molar-refractivity contribution is 7.21. The monoisotopic (exact) mass is 447 g/mol. The molecule has 31 heavy (non-hydrogen) atoms. The number of hydrogen-bond donors (Lipinski definition) is 2. The van der Waals surface area contributed by atoms with Gasteiger partial charge in [0, 0.05) is 32.6 Å². The van der Waals surface area contributed by atoms with Gasteiger partial charge in [0.2, 0.25) is 0 Å². The summed E-state index contributed by atoms with van der Waals surface area (Å²) in [6.07, 6.45) is 1.76. The number of nitrogens with zero attached hydrogens (tertiary/aromatic N) is 1. The molecule has 1 atom stereocenters. The van der Waals surface area contributed by atoms with Crippen LogP contribution in [0.2, 0.25) is 5.02 Å². The van der Waals surface area contributed by atoms with Gasteiger partial charge in [-0.2, -0.15) is 0 Å². The topological polar surface area (TPSA) is 54.0 Å². The maximum Gasteiger partial charge on any atom is 0.264 e. The van der Waals surface area contributed by atoms with Crippen molar-refractivity contribution in [1.82, 2.24) is 10.3 Å². The van der Waals surface area contributed by atoms with Crippen LogP contribution >= 0.6 is 22.9 Å². The third-order valence-corrected chi connectivity index (χ3v) is 7.08. The van der Waals surface area contributed by atoms with Gasteiger partial charge in [0.25, 0.3) is 5.91 Å². The number of rotatable bonds is 3. The molecule has 4 aromatic rings. The summed E-state index contributed by atoms with van der Waals surface area (Å²) in [6.45, 7) is 8.73. The Morgan fingerprint density at radius 2 is 2.06 bits per heavy atom. The Kier molecular flexibility index (Phi) is 4.95. The molecule has 3 heterocycles. The lowest BCUT2D eigenvalue weighted by Crippen LogP contribution is -2.34. The molecule has 0 unspecified atom stereocenters. The minimum atomic E-state index is -0.0974. The molecule has 0 fully saturated rings. The molecule has 1 aliphatic heterocycles. The first-order valence-electron chi connectivity index (χ1n) is 10.3. The lowest BCUT2D eigenvalue weighted by atomic mass is 9.99. The fourth-order valence-corrected chi connectivity index (χ4v) is 5.37. The predicted molar refractivity (Wildman–Crippen MR) is 132 cm³/mol. The maximum atomic E-state index is 12.7. The Bertz CT molecular complexity index is 1360. The minimum Gasteiger partial charge on any atom is -0.381 e. The lowest BCUT2D eigenvalue weighted by molar-refractivity contribution is 0.0953. The van der Waals surface area contributed by atoms with Crippen LogP contribution in [0.3, 0.4) is 0 Å². The van der Waals surface area contributed by atoms with Crippen molar-refractivity contribution in [3.8, 4) is 11.3 Å². The molecular weight excluding hydrogens is 426 g/mol. The standard InChI is InChI=1S/C25H22ClN3OS/c1-4-17-12-27-23-22-18-5-6-19(15-9-14(13(2)3)10-16(26)11-15)29-20(18)7-8-21(22)31-24(23)25(30)28-17/h4-11,13,17,27H,1,12H2,2-3H3,(H,28,30)/t17-/m1/s1. The van der Waals surface area contributed by atoms with Gasteiger partial charge < -0.3 is 10.6 Å². The van der Waals surface area contributed by atoms with Gasteiger partial charge in [-0.25, -0.2) is 4.98 Å². The van der Waals surface area contributed by atoms with Crippen LogP contribution < -0.4 is 10.6 Å². The van der Waals surface area contributed by atoms with Gasteiger partial charge in [0.1, 0.15) is 4.88 Å². The van der Waals surface area contributed by atoms with Crippen LogP contribution in [-0.4, -0.2) is 23.5 Å². The Hall–Kier alpha value is -2.89. The first-order valence-corrected chi connectivity index (χ1v) is 11.5. The molecule has 5 rings (SSSR count). The van der Waals surface area contributed by atoms with Crippen molar-refractivity contribution in [3.05, 3.63) is 70.6 Å². The minimum absolute atomic E-state index is 0.0658. The number of carbonyl (C=O) groups is 1. The first kappa shape index (κ1) is 20.0. The molecule has 0 radical (unpaired) electrons. The van der Waals surface area contributed by atoms with Crippen LogP contribution in [0.4, 0.5) is 5.69 Å². The van der Waals surface area contributed by atoms with Crippen LogP contribution in [0, 0.1) is 0 Å². The summed E-state index contributed by atoms with van der Waals surface area (Å²) < 4.78 is 1.07. The average Bonchev–Trinajstić information content (AvgIpc) is 3.07. The molecule has 156 valence electrons. The zero-order valence-electron chi connectivity index (χ0n) is 17.3. The summed E-state index contributed by atoms with van der Waals surface area (Å²) in [5, 5.41) is 9.26.